The fraction of sp³-hybridized carbons (Fsp3) is 0.0909. The molecule has 0 unspecified atom stereocenters. The highest BCUT2D eigenvalue weighted by Crippen LogP contribution is 2.32. The van der Waals surface area contributed by atoms with E-state index in [0.717, 1.165) is 36.4 Å². The number of anilines is 4. The molecule has 0 bridgehead atoms. The number of alkyl halides is 6. The molecule has 34 heavy (non-hydrogen) atoms. The Bertz CT molecular complexity index is 1100. The number of benzene rings is 3. The van der Waals surface area contributed by atoms with Crippen LogP contribution in [0.15, 0.2) is 72.8 Å². The highest BCUT2D eigenvalue weighted by atomic mass is 19.4. The van der Waals surface area contributed by atoms with E-state index < -0.39 is 35.5 Å². The number of nitrogens with one attached hydrogen (secondary N) is 4. The predicted octanol–water partition coefficient (Wildman–Crippen LogP) is 7.01. The highest BCUT2D eigenvalue weighted by molar-refractivity contribution is 6.06. The van der Waals surface area contributed by atoms with Crippen LogP contribution in [0.3, 0.4) is 0 Å². The fourth-order valence-corrected chi connectivity index (χ4v) is 2.82. The number of amides is 4. The van der Waals surface area contributed by atoms with E-state index in [1.54, 1.807) is 0 Å². The van der Waals surface area contributed by atoms with Crippen molar-refractivity contribution in [1.82, 2.24) is 0 Å². The standard InChI is InChI=1S/C22H16F6N4O2/c23-21(24,25)13-5-3-7-15(11-13)29-19(33)31-17-9-1-2-10-18(17)32-20(34)30-16-8-4-6-14(12-16)22(26,27)28/h1-12H,(H2,29,31,33)(H2,30,32,34). The Labute approximate surface area is 189 Å². The SMILES string of the molecule is O=C(Nc1cccc(C(F)(F)F)c1)Nc1ccccc1NC(=O)Nc1cccc(C(F)(F)F)c1. The molecular formula is C22H16F6N4O2. The lowest BCUT2D eigenvalue weighted by Gasteiger charge is -2.15. The summed E-state index contributed by atoms with van der Waals surface area (Å²) in [5.74, 6) is 0. The van der Waals surface area contributed by atoms with E-state index in [-0.39, 0.29) is 22.7 Å². The molecule has 3 aromatic rings. The minimum Gasteiger partial charge on any atom is -0.308 e. The molecule has 0 radical (unpaired) electrons. The van der Waals surface area contributed by atoms with E-state index in [1.807, 2.05) is 0 Å². The molecule has 178 valence electrons. The van der Waals surface area contributed by atoms with Crippen LogP contribution in [0.4, 0.5) is 58.7 Å². The van der Waals surface area contributed by atoms with Crippen molar-refractivity contribution in [3.05, 3.63) is 83.9 Å². The highest BCUT2D eigenvalue weighted by Gasteiger charge is 2.31. The molecule has 3 aromatic carbocycles. The van der Waals surface area contributed by atoms with E-state index in [9.17, 15) is 35.9 Å². The molecule has 0 fully saturated rings. The van der Waals surface area contributed by atoms with Gasteiger partial charge in [-0.3, -0.25) is 0 Å². The molecular weight excluding hydrogens is 466 g/mol. The van der Waals surface area contributed by atoms with Gasteiger partial charge in [0.15, 0.2) is 0 Å². The number of carbonyl (C=O) groups excluding carboxylic acids is 2. The summed E-state index contributed by atoms with van der Waals surface area (Å²) in [6.45, 7) is 0. The zero-order valence-corrected chi connectivity index (χ0v) is 17.0. The molecule has 0 aromatic heterocycles. The normalized spacial score (nSPS) is 11.5. The molecule has 0 saturated heterocycles. The lowest BCUT2D eigenvalue weighted by Crippen LogP contribution is -2.23. The minimum absolute atomic E-state index is 0.0890. The summed E-state index contributed by atoms with van der Waals surface area (Å²) in [4.78, 5) is 24.5. The van der Waals surface area contributed by atoms with Crippen molar-refractivity contribution in [2.24, 2.45) is 0 Å². The van der Waals surface area contributed by atoms with Crippen LogP contribution in [0.5, 0.6) is 0 Å². The second-order valence-electron chi connectivity index (χ2n) is 6.86. The van der Waals surface area contributed by atoms with Crippen molar-refractivity contribution in [2.45, 2.75) is 12.4 Å². The van der Waals surface area contributed by atoms with Crippen LogP contribution in [0.1, 0.15) is 11.1 Å². The third-order valence-electron chi connectivity index (χ3n) is 4.32. The molecule has 0 spiro atoms. The summed E-state index contributed by atoms with van der Waals surface area (Å²) in [7, 11) is 0. The Morgan fingerprint density at radius 1 is 0.529 bits per heavy atom. The van der Waals surface area contributed by atoms with Crippen molar-refractivity contribution >= 4 is 34.8 Å². The van der Waals surface area contributed by atoms with E-state index in [4.69, 9.17) is 0 Å². The average Bonchev–Trinajstić information content (AvgIpc) is 2.74. The summed E-state index contributed by atoms with van der Waals surface area (Å²) in [6.07, 6.45) is -9.17. The Morgan fingerprint density at radius 2 is 0.912 bits per heavy atom. The number of halogens is 6. The Morgan fingerprint density at radius 3 is 1.26 bits per heavy atom. The van der Waals surface area contributed by atoms with Gasteiger partial charge in [-0.2, -0.15) is 26.3 Å². The summed E-state index contributed by atoms with van der Waals surface area (Å²) in [6, 6.07) is 12.1. The first-order valence-corrected chi connectivity index (χ1v) is 9.51. The van der Waals surface area contributed by atoms with Gasteiger partial charge in [-0.1, -0.05) is 24.3 Å². The Kier molecular flexibility index (Phi) is 6.99. The van der Waals surface area contributed by atoms with Gasteiger partial charge < -0.3 is 21.3 Å². The summed E-state index contributed by atoms with van der Waals surface area (Å²) in [5.41, 5.74) is -1.94. The molecule has 4 N–H and O–H groups in total. The number of hydrogen-bond acceptors (Lipinski definition) is 2. The molecule has 12 heteroatoms. The minimum atomic E-state index is -4.59. The van der Waals surface area contributed by atoms with Crippen LogP contribution in [0, 0.1) is 0 Å². The van der Waals surface area contributed by atoms with Gasteiger partial charge in [0.05, 0.1) is 22.5 Å². The largest absolute Gasteiger partial charge is 0.416 e. The first-order chi connectivity index (χ1) is 15.9. The van der Waals surface area contributed by atoms with E-state index in [2.05, 4.69) is 21.3 Å². The van der Waals surface area contributed by atoms with Gasteiger partial charge in [0.25, 0.3) is 0 Å². The lowest BCUT2D eigenvalue weighted by atomic mass is 10.2. The first-order valence-electron chi connectivity index (χ1n) is 9.51. The van der Waals surface area contributed by atoms with Gasteiger partial charge in [0.2, 0.25) is 0 Å². The van der Waals surface area contributed by atoms with Gasteiger partial charge in [-0.15, -0.1) is 0 Å². The van der Waals surface area contributed by atoms with Crippen molar-refractivity contribution in [3.8, 4) is 0 Å². The Hall–Kier alpha value is -4.22. The van der Waals surface area contributed by atoms with Crippen LogP contribution in [-0.4, -0.2) is 12.1 Å². The topological polar surface area (TPSA) is 82.3 Å². The van der Waals surface area contributed by atoms with E-state index >= 15 is 0 Å². The molecule has 0 atom stereocenters. The number of hydrogen-bond donors (Lipinski definition) is 4. The lowest BCUT2D eigenvalue weighted by molar-refractivity contribution is -0.138. The maximum absolute atomic E-state index is 12.8. The molecule has 0 aliphatic rings. The monoisotopic (exact) mass is 482 g/mol. The van der Waals surface area contributed by atoms with Gasteiger partial charge >= 0.3 is 24.4 Å². The average molecular weight is 482 g/mol. The maximum atomic E-state index is 12.8. The molecule has 6 nitrogen and oxygen atoms in total. The van der Waals surface area contributed by atoms with Crippen molar-refractivity contribution < 1.29 is 35.9 Å². The number of rotatable bonds is 4. The molecule has 0 saturated carbocycles. The van der Waals surface area contributed by atoms with Gasteiger partial charge in [0.1, 0.15) is 0 Å². The first kappa shape index (κ1) is 24.4. The zero-order chi connectivity index (χ0) is 24.9. The van der Waals surface area contributed by atoms with Gasteiger partial charge in [-0.25, -0.2) is 9.59 Å². The molecule has 0 heterocycles. The van der Waals surface area contributed by atoms with Crippen LogP contribution < -0.4 is 21.3 Å². The van der Waals surface area contributed by atoms with E-state index in [1.165, 1.54) is 36.4 Å². The third kappa shape index (κ3) is 6.64. The van der Waals surface area contributed by atoms with Crippen LogP contribution in [0.2, 0.25) is 0 Å². The van der Waals surface area contributed by atoms with Crippen LogP contribution in [0.25, 0.3) is 0 Å². The van der Waals surface area contributed by atoms with Gasteiger partial charge in [-0.05, 0) is 48.5 Å². The van der Waals surface area contributed by atoms with Gasteiger partial charge in [0, 0.05) is 11.4 Å². The maximum Gasteiger partial charge on any atom is 0.416 e. The second kappa shape index (κ2) is 9.73. The Balaban J connectivity index is 1.67. The quantitative estimate of drug-likeness (QED) is 0.302. The second-order valence-corrected chi connectivity index (χ2v) is 6.86. The zero-order valence-electron chi connectivity index (χ0n) is 17.0. The number of para-hydroxylation sites is 2. The molecule has 3 rings (SSSR count). The fourth-order valence-electron chi connectivity index (χ4n) is 2.82. The summed E-state index contributed by atoms with van der Waals surface area (Å²) >= 11 is 0. The summed E-state index contributed by atoms with van der Waals surface area (Å²) < 4.78 is 77.0. The van der Waals surface area contributed by atoms with E-state index in [0.29, 0.717) is 0 Å². The number of carbonyl (C=O) groups is 2. The number of urea groups is 2. The predicted molar refractivity (Wildman–Crippen MR) is 115 cm³/mol. The van der Waals surface area contributed by atoms with Crippen molar-refractivity contribution in [1.29, 1.82) is 0 Å². The van der Waals surface area contributed by atoms with Crippen LogP contribution >= 0.6 is 0 Å². The van der Waals surface area contributed by atoms with Crippen molar-refractivity contribution in [3.63, 3.8) is 0 Å². The van der Waals surface area contributed by atoms with Crippen molar-refractivity contribution in [2.75, 3.05) is 21.3 Å². The smallest absolute Gasteiger partial charge is 0.308 e. The molecule has 4 amide bonds. The molecule has 0 aliphatic heterocycles. The molecule has 0 aliphatic carbocycles. The third-order valence-corrected chi connectivity index (χ3v) is 4.32. The summed E-state index contributed by atoms with van der Waals surface area (Å²) in [5, 5.41) is 9.30. The van der Waals surface area contributed by atoms with Crippen LogP contribution in [-0.2, 0) is 12.4 Å².